The summed E-state index contributed by atoms with van der Waals surface area (Å²) in [5, 5.41) is 2.69. The maximum absolute atomic E-state index is 10.6. The van der Waals surface area contributed by atoms with Crippen molar-refractivity contribution in [3.63, 3.8) is 0 Å². The second-order valence-corrected chi connectivity index (χ2v) is 4.56. The Balaban J connectivity index is 0. The summed E-state index contributed by atoms with van der Waals surface area (Å²) < 4.78 is 27.2. The highest BCUT2D eigenvalue weighted by Gasteiger charge is 1.94. The van der Waals surface area contributed by atoms with Gasteiger partial charge in [-0.05, 0) is 6.08 Å². The molecule has 0 atom stereocenters. The van der Waals surface area contributed by atoms with Crippen LogP contribution < -0.4 is 10.2 Å². The Bertz CT molecular complexity index is 277. The zero-order chi connectivity index (χ0) is 12.5. The first-order valence-electron chi connectivity index (χ1n) is 4.27. The fraction of sp³-hybridized carbons (Fsp3) is 0.625. The lowest BCUT2D eigenvalue weighted by atomic mass is 10.5. The Morgan fingerprint density at radius 2 is 1.93 bits per heavy atom. The van der Waals surface area contributed by atoms with Gasteiger partial charge in [-0.2, -0.15) is 0 Å². The first kappa shape index (κ1) is 16.5. The van der Waals surface area contributed by atoms with Crippen LogP contribution >= 0.6 is 0 Å². The summed E-state index contributed by atoms with van der Waals surface area (Å²) in [5.74, 6) is -0.0961. The van der Waals surface area contributed by atoms with Crippen LogP contribution in [0.3, 0.4) is 0 Å². The molecule has 2 N–H and O–H groups in total. The zero-order valence-electron chi connectivity index (χ0n) is 9.24. The number of quaternary nitrogens is 1. The molecule has 0 rings (SSSR count). The third kappa shape index (κ3) is 32.0. The first-order valence-corrected chi connectivity index (χ1v) is 6.08. The Morgan fingerprint density at radius 1 is 1.53 bits per heavy atom. The van der Waals surface area contributed by atoms with Crippen LogP contribution in [0.15, 0.2) is 12.7 Å². The molecule has 6 nitrogen and oxygen atoms in total. The average molecular weight is 238 g/mol. The number of nitrogens with one attached hydrogen (secondary N) is 2. The van der Waals surface area contributed by atoms with Crippen LogP contribution in [0.5, 0.6) is 0 Å². The SMILES string of the molecule is C=CC(=O)NCC[NH+](C)C.CS(=O)(=O)[O-]. The normalized spacial score (nSPS) is 10.2. The van der Waals surface area contributed by atoms with Crippen molar-refractivity contribution in [1.29, 1.82) is 0 Å². The standard InChI is InChI=1S/C7H14N2O.CH4O3S/c1-4-7(10)8-5-6-9(2)3;1-5(2,3)4/h4H,1,5-6H2,2-3H3,(H,8,10);1H3,(H,2,3,4). The van der Waals surface area contributed by atoms with E-state index in [-0.39, 0.29) is 5.91 Å². The van der Waals surface area contributed by atoms with Gasteiger partial charge in [0.15, 0.2) is 0 Å². The summed E-state index contributed by atoms with van der Waals surface area (Å²) in [6.07, 6.45) is 1.89. The lowest BCUT2D eigenvalue weighted by Crippen LogP contribution is -3.06. The van der Waals surface area contributed by atoms with Crippen molar-refractivity contribution < 1.29 is 22.7 Å². The molecule has 7 heteroatoms. The number of carbonyl (C=O) groups is 1. The van der Waals surface area contributed by atoms with Crippen LogP contribution in [0, 0.1) is 0 Å². The van der Waals surface area contributed by atoms with E-state index in [4.69, 9.17) is 13.0 Å². The summed E-state index contributed by atoms with van der Waals surface area (Å²) in [4.78, 5) is 11.9. The van der Waals surface area contributed by atoms with Gasteiger partial charge in [0.05, 0.1) is 37.3 Å². The molecule has 0 fully saturated rings. The molecule has 0 aromatic rings. The van der Waals surface area contributed by atoms with E-state index in [1.807, 2.05) is 14.1 Å². The van der Waals surface area contributed by atoms with Crippen molar-refractivity contribution >= 4 is 16.0 Å². The summed E-state index contributed by atoms with van der Waals surface area (Å²) in [6, 6.07) is 0. The zero-order valence-corrected chi connectivity index (χ0v) is 10.1. The van der Waals surface area contributed by atoms with Crippen molar-refractivity contribution in [2.24, 2.45) is 0 Å². The Kier molecular flexibility index (Phi) is 9.24. The molecule has 90 valence electrons. The molecule has 1 amide bonds. The molecular weight excluding hydrogens is 220 g/mol. The fourth-order valence-corrected chi connectivity index (χ4v) is 0.508. The minimum absolute atomic E-state index is 0.0961. The fourth-order valence-electron chi connectivity index (χ4n) is 0.508. The van der Waals surface area contributed by atoms with Gasteiger partial charge in [0, 0.05) is 6.26 Å². The smallest absolute Gasteiger partial charge is 0.243 e. The quantitative estimate of drug-likeness (QED) is 0.422. The minimum Gasteiger partial charge on any atom is -0.748 e. The molecule has 0 radical (unpaired) electrons. The highest BCUT2D eigenvalue weighted by molar-refractivity contribution is 7.84. The van der Waals surface area contributed by atoms with E-state index in [0.717, 1.165) is 6.54 Å². The van der Waals surface area contributed by atoms with E-state index in [0.29, 0.717) is 12.8 Å². The number of amides is 1. The van der Waals surface area contributed by atoms with Gasteiger partial charge in [0.1, 0.15) is 0 Å². The molecule has 0 unspecified atom stereocenters. The van der Waals surface area contributed by atoms with Crippen LogP contribution in [-0.2, 0) is 14.9 Å². The van der Waals surface area contributed by atoms with Crippen molar-refractivity contribution in [1.82, 2.24) is 5.32 Å². The lowest BCUT2D eigenvalue weighted by molar-refractivity contribution is -0.856. The summed E-state index contributed by atoms with van der Waals surface area (Å²) in [6.45, 7) is 5.00. The molecule has 0 aromatic carbocycles. The third-order valence-electron chi connectivity index (χ3n) is 1.11. The minimum atomic E-state index is -3.92. The molecule has 0 spiro atoms. The Morgan fingerprint density at radius 3 is 2.20 bits per heavy atom. The largest absolute Gasteiger partial charge is 0.748 e. The van der Waals surface area contributed by atoms with Gasteiger partial charge < -0.3 is 14.8 Å². The van der Waals surface area contributed by atoms with E-state index < -0.39 is 10.1 Å². The molecule has 0 saturated carbocycles. The summed E-state index contributed by atoms with van der Waals surface area (Å²) >= 11 is 0. The second-order valence-electron chi connectivity index (χ2n) is 3.16. The average Bonchev–Trinajstić information content (AvgIpc) is 2.00. The van der Waals surface area contributed by atoms with Crippen molar-refractivity contribution in [3.05, 3.63) is 12.7 Å². The van der Waals surface area contributed by atoms with E-state index in [1.54, 1.807) is 0 Å². The van der Waals surface area contributed by atoms with Crippen LogP contribution in [0.2, 0.25) is 0 Å². The highest BCUT2D eigenvalue weighted by atomic mass is 32.2. The molecular formula is C8H18N2O4S. The van der Waals surface area contributed by atoms with Crippen molar-refractivity contribution in [2.75, 3.05) is 33.4 Å². The van der Waals surface area contributed by atoms with Gasteiger partial charge in [-0.3, -0.25) is 4.79 Å². The molecule has 15 heavy (non-hydrogen) atoms. The van der Waals surface area contributed by atoms with Gasteiger partial charge in [0.25, 0.3) is 0 Å². The molecule has 0 aliphatic rings. The topological polar surface area (TPSA) is 90.7 Å². The molecule has 0 heterocycles. The summed E-state index contributed by atoms with van der Waals surface area (Å²) in [7, 11) is 0.167. The monoisotopic (exact) mass is 238 g/mol. The third-order valence-corrected chi connectivity index (χ3v) is 1.11. The maximum atomic E-state index is 10.6. The lowest BCUT2D eigenvalue weighted by Gasteiger charge is -2.06. The second kappa shape index (κ2) is 8.39. The number of rotatable bonds is 4. The number of likely N-dealkylation sites (N-methyl/N-ethyl adjacent to an activating group) is 1. The number of hydrogen-bond acceptors (Lipinski definition) is 4. The van der Waals surface area contributed by atoms with E-state index >= 15 is 0 Å². The molecule has 0 aliphatic heterocycles. The molecule has 0 aliphatic carbocycles. The van der Waals surface area contributed by atoms with Crippen molar-refractivity contribution in [2.45, 2.75) is 0 Å². The first-order chi connectivity index (χ1) is 6.66. The van der Waals surface area contributed by atoms with Crippen LogP contribution in [0.25, 0.3) is 0 Å². The molecule has 0 bridgehead atoms. The van der Waals surface area contributed by atoms with Gasteiger partial charge in [-0.1, -0.05) is 6.58 Å². The van der Waals surface area contributed by atoms with Crippen LogP contribution in [0.1, 0.15) is 0 Å². The van der Waals surface area contributed by atoms with Crippen molar-refractivity contribution in [3.8, 4) is 0 Å². The predicted molar refractivity (Wildman–Crippen MR) is 56.5 cm³/mol. The van der Waals surface area contributed by atoms with Gasteiger partial charge in [-0.15, -0.1) is 0 Å². The van der Waals surface area contributed by atoms with Crippen LogP contribution in [-0.4, -0.2) is 52.3 Å². The molecule has 0 saturated heterocycles. The van der Waals surface area contributed by atoms with Gasteiger partial charge in [-0.25, -0.2) is 8.42 Å². The summed E-state index contributed by atoms with van der Waals surface area (Å²) in [5.41, 5.74) is 0. The molecule has 0 aromatic heterocycles. The highest BCUT2D eigenvalue weighted by Crippen LogP contribution is 1.62. The number of carbonyl (C=O) groups excluding carboxylic acids is 1. The van der Waals surface area contributed by atoms with Gasteiger partial charge >= 0.3 is 0 Å². The maximum Gasteiger partial charge on any atom is 0.243 e. The van der Waals surface area contributed by atoms with E-state index in [9.17, 15) is 4.79 Å². The van der Waals surface area contributed by atoms with Gasteiger partial charge in [0.2, 0.25) is 5.91 Å². The Labute approximate surface area is 90.7 Å². The van der Waals surface area contributed by atoms with E-state index in [2.05, 4.69) is 11.9 Å². The Hall–Kier alpha value is -0.920. The predicted octanol–water partition coefficient (Wildman–Crippen LogP) is -2.41. The van der Waals surface area contributed by atoms with Crippen LogP contribution in [0.4, 0.5) is 0 Å². The number of hydrogen-bond donors (Lipinski definition) is 2. The van der Waals surface area contributed by atoms with E-state index in [1.165, 1.54) is 11.0 Å².